The molecule has 1 N–H and O–H groups in total. The van der Waals surface area contributed by atoms with Gasteiger partial charge in [-0.05, 0) is 61.7 Å². The lowest BCUT2D eigenvalue weighted by Gasteiger charge is -2.39. The van der Waals surface area contributed by atoms with Crippen molar-refractivity contribution in [3.05, 3.63) is 0 Å². The van der Waals surface area contributed by atoms with Crippen LogP contribution in [0, 0.1) is 22.7 Å². The molecule has 1 aliphatic heterocycles. The second-order valence-corrected chi connectivity index (χ2v) is 11.1. The molecule has 1 saturated heterocycles. The van der Waals surface area contributed by atoms with Crippen molar-refractivity contribution in [2.45, 2.75) is 92.7 Å². The minimum absolute atomic E-state index is 0.00911. The van der Waals surface area contributed by atoms with Gasteiger partial charge in [0, 0.05) is 6.54 Å². The number of carbonyl (C=O) groups excluding carboxylic acids is 3. The van der Waals surface area contributed by atoms with Crippen molar-refractivity contribution in [3.63, 3.8) is 0 Å². The summed E-state index contributed by atoms with van der Waals surface area (Å²) in [5, 5.41) is 2.87. The summed E-state index contributed by atoms with van der Waals surface area (Å²) >= 11 is 0. The third-order valence-corrected chi connectivity index (χ3v) is 6.42. The topological polar surface area (TPSA) is 75.7 Å². The van der Waals surface area contributed by atoms with Crippen LogP contribution in [0.15, 0.2) is 0 Å². The van der Waals surface area contributed by atoms with Crippen LogP contribution in [-0.4, -0.2) is 47.9 Å². The molecule has 1 saturated carbocycles. The Morgan fingerprint density at radius 3 is 2.17 bits per heavy atom. The van der Waals surface area contributed by atoms with Crippen molar-refractivity contribution in [2.24, 2.45) is 22.7 Å². The zero-order valence-electron chi connectivity index (χ0n) is 19.3. The van der Waals surface area contributed by atoms with Crippen LogP contribution >= 0.6 is 0 Å². The predicted molar refractivity (Wildman–Crippen MR) is 113 cm³/mol. The fourth-order valence-electron chi connectivity index (χ4n) is 4.59. The normalized spacial score (nSPS) is 25.0. The van der Waals surface area contributed by atoms with Crippen LogP contribution in [0.3, 0.4) is 0 Å². The van der Waals surface area contributed by atoms with Crippen molar-refractivity contribution in [1.82, 2.24) is 10.2 Å². The standard InChI is InChI=1S/C23H40N2O4/c1-15(2)13-29-21(28)24-19(17-8-10-22(4,5)11-9-17)20(27)25-14-23(6,7)12-18(25)16(3)26/h15,17-19H,8-14H2,1-7H3,(H,24,28)/t18-,19-/m0/s1. The number of likely N-dealkylation sites (tertiary alicyclic amines) is 1. The van der Waals surface area contributed by atoms with Gasteiger partial charge in [0.1, 0.15) is 6.04 Å². The molecular formula is C23H40N2O4. The Morgan fingerprint density at radius 2 is 1.66 bits per heavy atom. The minimum atomic E-state index is -0.637. The Labute approximate surface area is 176 Å². The van der Waals surface area contributed by atoms with Crippen LogP contribution in [0.1, 0.15) is 80.6 Å². The number of nitrogens with zero attached hydrogens (tertiary/aromatic N) is 1. The Bertz CT molecular complexity index is 616. The van der Waals surface area contributed by atoms with Gasteiger partial charge in [0.15, 0.2) is 5.78 Å². The molecule has 6 heteroatoms. The van der Waals surface area contributed by atoms with Gasteiger partial charge in [0.25, 0.3) is 0 Å². The van der Waals surface area contributed by atoms with Crippen molar-refractivity contribution < 1.29 is 19.1 Å². The molecule has 1 heterocycles. The molecule has 2 rings (SSSR count). The Kier molecular flexibility index (Phi) is 7.39. The molecule has 1 aliphatic carbocycles. The van der Waals surface area contributed by atoms with E-state index in [9.17, 15) is 14.4 Å². The monoisotopic (exact) mass is 408 g/mol. The SMILES string of the molecule is CC(=O)[C@@H]1CC(C)(C)CN1C(=O)[C@@H](NC(=O)OCC(C)C)C1CCC(C)(C)CC1. The van der Waals surface area contributed by atoms with Crippen LogP contribution in [0.2, 0.25) is 0 Å². The summed E-state index contributed by atoms with van der Waals surface area (Å²) in [4.78, 5) is 39.9. The molecule has 2 atom stereocenters. The van der Waals surface area contributed by atoms with Crippen molar-refractivity contribution >= 4 is 17.8 Å². The predicted octanol–water partition coefficient (Wildman–Crippen LogP) is 4.17. The van der Waals surface area contributed by atoms with Crippen LogP contribution in [0.25, 0.3) is 0 Å². The van der Waals surface area contributed by atoms with E-state index in [2.05, 4.69) is 33.0 Å². The average molecular weight is 409 g/mol. The molecule has 166 valence electrons. The Hall–Kier alpha value is -1.59. The number of ketones is 1. The van der Waals surface area contributed by atoms with Gasteiger partial charge in [0.05, 0.1) is 12.6 Å². The number of Topliss-reactive ketones (excluding diaryl/α,β-unsaturated/α-hetero) is 1. The van der Waals surface area contributed by atoms with Gasteiger partial charge in [-0.2, -0.15) is 0 Å². The molecule has 0 radical (unpaired) electrons. The van der Waals surface area contributed by atoms with Gasteiger partial charge >= 0.3 is 6.09 Å². The van der Waals surface area contributed by atoms with Gasteiger partial charge in [-0.3, -0.25) is 9.59 Å². The lowest BCUT2D eigenvalue weighted by atomic mass is 9.71. The van der Waals surface area contributed by atoms with Crippen LogP contribution in [0.5, 0.6) is 0 Å². The van der Waals surface area contributed by atoms with Gasteiger partial charge in [-0.25, -0.2) is 4.79 Å². The smallest absolute Gasteiger partial charge is 0.407 e. The van der Waals surface area contributed by atoms with Gasteiger partial charge in [0.2, 0.25) is 5.91 Å². The zero-order chi connectivity index (χ0) is 22.0. The Morgan fingerprint density at radius 1 is 1.07 bits per heavy atom. The highest BCUT2D eigenvalue weighted by atomic mass is 16.5. The highest BCUT2D eigenvalue weighted by Gasteiger charge is 2.46. The number of rotatable bonds is 6. The van der Waals surface area contributed by atoms with Gasteiger partial charge < -0.3 is 15.0 Å². The third kappa shape index (κ3) is 6.45. The second kappa shape index (κ2) is 9.05. The molecule has 29 heavy (non-hydrogen) atoms. The summed E-state index contributed by atoms with van der Waals surface area (Å²) in [6.45, 7) is 15.0. The van der Waals surface area contributed by atoms with Crippen LogP contribution in [-0.2, 0) is 14.3 Å². The van der Waals surface area contributed by atoms with Crippen LogP contribution in [0.4, 0.5) is 4.79 Å². The molecule has 2 amide bonds. The maximum absolute atomic E-state index is 13.6. The van der Waals surface area contributed by atoms with E-state index in [1.807, 2.05) is 13.8 Å². The van der Waals surface area contributed by atoms with Crippen molar-refractivity contribution in [1.29, 1.82) is 0 Å². The number of nitrogens with one attached hydrogen (secondary N) is 1. The lowest BCUT2D eigenvalue weighted by molar-refractivity contribution is -0.140. The largest absolute Gasteiger partial charge is 0.449 e. The maximum atomic E-state index is 13.6. The van der Waals surface area contributed by atoms with E-state index in [0.29, 0.717) is 19.6 Å². The summed E-state index contributed by atoms with van der Waals surface area (Å²) in [5.74, 6) is 0.169. The fourth-order valence-corrected chi connectivity index (χ4v) is 4.59. The summed E-state index contributed by atoms with van der Waals surface area (Å²) in [7, 11) is 0. The number of alkyl carbamates (subject to hydrolysis) is 1. The first-order valence-corrected chi connectivity index (χ1v) is 11.1. The first-order chi connectivity index (χ1) is 13.3. The summed E-state index contributed by atoms with van der Waals surface area (Å²) < 4.78 is 5.31. The second-order valence-electron chi connectivity index (χ2n) is 11.1. The number of hydrogen-bond donors (Lipinski definition) is 1. The zero-order valence-corrected chi connectivity index (χ0v) is 19.3. The van der Waals surface area contributed by atoms with E-state index in [0.717, 1.165) is 25.7 Å². The molecular weight excluding hydrogens is 368 g/mol. The minimum Gasteiger partial charge on any atom is -0.449 e. The molecule has 0 spiro atoms. The highest BCUT2D eigenvalue weighted by Crippen LogP contribution is 2.41. The third-order valence-electron chi connectivity index (χ3n) is 6.42. The van der Waals surface area contributed by atoms with E-state index in [1.54, 1.807) is 11.8 Å². The highest BCUT2D eigenvalue weighted by molar-refractivity contribution is 5.92. The van der Waals surface area contributed by atoms with E-state index in [-0.39, 0.29) is 34.4 Å². The Balaban J connectivity index is 2.20. The number of amides is 2. The van der Waals surface area contributed by atoms with Gasteiger partial charge in [-0.1, -0.05) is 41.5 Å². The quantitative estimate of drug-likeness (QED) is 0.716. The first-order valence-electron chi connectivity index (χ1n) is 11.1. The molecule has 0 aromatic rings. The van der Waals surface area contributed by atoms with E-state index in [1.165, 1.54) is 0 Å². The van der Waals surface area contributed by atoms with Gasteiger partial charge in [-0.15, -0.1) is 0 Å². The first kappa shape index (κ1) is 23.7. The molecule has 2 aliphatic rings. The fraction of sp³-hybridized carbons (Fsp3) is 0.870. The molecule has 0 aromatic heterocycles. The molecule has 6 nitrogen and oxygen atoms in total. The molecule has 2 fully saturated rings. The summed E-state index contributed by atoms with van der Waals surface area (Å²) in [5.41, 5.74) is 0.156. The molecule has 0 bridgehead atoms. The number of carbonyl (C=O) groups is 3. The summed E-state index contributed by atoms with van der Waals surface area (Å²) in [6, 6.07) is -1.05. The van der Waals surface area contributed by atoms with Crippen LogP contribution < -0.4 is 5.32 Å². The maximum Gasteiger partial charge on any atom is 0.407 e. The molecule has 0 aromatic carbocycles. The van der Waals surface area contributed by atoms with Crippen molar-refractivity contribution in [3.8, 4) is 0 Å². The van der Waals surface area contributed by atoms with E-state index >= 15 is 0 Å². The molecule has 0 unspecified atom stereocenters. The lowest BCUT2D eigenvalue weighted by Crippen LogP contribution is -2.55. The van der Waals surface area contributed by atoms with Crippen molar-refractivity contribution in [2.75, 3.05) is 13.2 Å². The van der Waals surface area contributed by atoms with E-state index in [4.69, 9.17) is 4.74 Å². The number of ether oxygens (including phenoxy) is 1. The number of hydrogen-bond acceptors (Lipinski definition) is 4. The van der Waals surface area contributed by atoms with E-state index < -0.39 is 18.2 Å². The average Bonchev–Trinajstić information content (AvgIpc) is 2.93. The summed E-state index contributed by atoms with van der Waals surface area (Å²) in [6.07, 6.45) is 3.93.